The number of carbonyl (C=O) groups is 2. The number of nitriles is 1. The molecule has 0 aliphatic carbocycles. The summed E-state index contributed by atoms with van der Waals surface area (Å²) in [5.41, 5.74) is 1.25. The van der Waals surface area contributed by atoms with Gasteiger partial charge in [-0.05, 0) is 36.4 Å². The van der Waals surface area contributed by atoms with Gasteiger partial charge in [-0.1, -0.05) is 17.7 Å². The molecular weight excluding hydrogens is 330 g/mol. The van der Waals surface area contributed by atoms with E-state index in [9.17, 15) is 9.59 Å². The first-order chi connectivity index (χ1) is 11.5. The number of nitrogens with one attached hydrogen (secondary N) is 2. The van der Waals surface area contributed by atoms with Crippen molar-refractivity contribution in [2.24, 2.45) is 0 Å². The summed E-state index contributed by atoms with van der Waals surface area (Å²) in [5, 5.41) is 14.4. The maximum Gasteiger partial charge on any atom is 0.233 e. The molecule has 2 aromatic rings. The fourth-order valence-electron chi connectivity index (χ4n) is 1.99. The van der Waals surface area contributed by atoms with Gasteiger partial charge in [0.05, 0.1) is 24.4 Å². The van der Waals surface area contributed by atoms with E-state index < -0.39 is 11.8 Å². The lowest BCUT2D eigenvalue weighted by atomic mass is 10.2. The van der Waals surface area contributed by atoms with Crippen LogP contribution in [0.25, 0.3) is 0 Å². The van der Waals surface area contributed by atoms with Crippen molar-refractivity contribution in [2.45, 2.75) is 6.42 Å². The van der Waals surface area contributed by atoms with Gasteiger partial charge in [0, 0.05) is 10.7 Å². The van der Waals surface area contributed by atoms with Crippen molar-refractivity contribution in [3.63, 3.8) is 0 Å². The van der Waals surface area contributed by atoms with E-state index >= 15 is 0 Å². The SMILES string of the molecule is COc1ccc(Cl)cc1NC(=O)CC(=O)Nc1cccc(C#N)c1. The highest BCUT2D eigenvalue weighted by molar-refractivity contribution is 6.31. The second-order valence-corrected chi connectivity index (χ2v) is 5.25. The lowest BCUT2D eigenvalue weighted by molar-refractivity contribution is -0.123. The number of methoxy groups -OCH3 is 1. The molecule has 0 atom stereocenters. The summed E-state index contributed by atoms with van der Waals surface area (Å²) in [4.78, 5) is 23.9. The highest BCUT2D eigenvalue weighted by Crippen LogP contribution is 2.27. The van der Waals surface area contributed by atoms with Crippen LogP contribution in [0.2, 0.25) is 5.02 Å². The van der Waals surface area contributed by atoms with Crippen LogP contribution in [0, 0.1) is 11.3 Å². The van der Waals surface area contributed by atoms with E-state index in [0.717, 1.165) is 0 Å². The second-order valence-electron chi connectivity index (χ2n) is 4.81. The first-order valence-corrected chi connectivity index (χ1v) is 7.33. The summed E-state index contributed by atoms with van der Waals surface area (Å²) < 4.78 is 5.12. The summed E-state index contributed by atoms with van der Waals surface area (Å²) in [7, 11) is 1.47. The Kier molecular flexibility index (Phi) is 5.77. The van der Waals surface area contributed by atoms with Crippen LogP contribution in [0.5, 0.6) is 5.75 Å². The molecule has 0 aromatic heterocycles. The van der Waals surface area contributed by atoms with Crippen LogP contribution in [-0.2, 0) is 9.59 Å². The maximum absolute atomic E-state index is 12.0. The zero-order valence-electron chi connectivity index (χ0n) is 12.8. The van der Waals surface area contributed by atoms with Crippen LogP contribution >= 0.6 is 11.6 Å². The van der Waals surface area contributed by atoms with Crippen molar-refractivity contribution in [3.05, 3.63) is 53.1 Å². The minimum Gasteiger partial charge on any atom is -0.495 e. The number of amides is 2. The molecule has 0 fully saturated rings. The number of hydrogen-bond acceptors (Lipinski definition) is 4. The second kappa shape index (κ2) is 7.99. The Hall–Kier alpha value is -3.04. The first kappa shape index (κ1) is 17.3. The molecule has 0 unspecified atom stereocenters. The van der Waals surface area contributed by atoms with Crippen LogP contribution in [0.4, 0.5) is 11.4 Å². The third-order valence-corrected chi connectivity index (χ3v) is 3.27. The maximum atomic E-state index is 12.0. The van der Waals surface area contributed by atoms with E-state index in [1.54, 1.807) is 30.3 Å². The van der Waals surface area contributed by atoms with Gasteiger partial charge in [-0.15, -0.1) is 0 Å². The Morgan fingerprint density at radius 2 is 1.92 bits per heavy atom. The third kappa shape index (κ3) is 4.73. The van der Waals surface area contributed by atoms with E-state index in [0.29, 0.717) is 27.7 Å². The smallest absolute Gasteiger partial charge is 0.233 e. The van der Waals surface area contributed by atoms with Gasteiger partial charge in [-0.25, -0.2) is 0 Å². The fourth-order valence-corrected chi connectivity index (χ4v) is 2.16. The molecule has 2 aromatic carbocycles. The quantitative estimate of drug-likeness (QED) is 0.815. The molecule has 0 aliphatic rings. The van der Waals surface area contributed by atoms with Crippen LogP contribution in [0.3, 0.4) is 0 Å². The van der Waals surface area contributed by atoms with Gasteiger partial charge in [0.2, 0.25) is 11.8 Å². The van der Waals surface area contributed by atoms with Crippen LogP contribution in [-0.4, -0.2) is 18.9 Å². The highest BCUT2D eigenvalue weighted by atomic mass is 35.5. The van der Waals surface area contributed by atoms with Crippen molar-refractivity contribution in [3.8, 4) is 11.8 Å². The molecule has 0 bridgehead atoms. The minimum absolute atomic E-state index is 0.382. The number of rotatable bonds is 5. The molecule has 6 nitrogen and oxygen atoms in total. The molecule has 0 aliphatic heterocycles. The Morgan fingerprint density at radius 3 is 2.62 bits per heavy atom. The lowest BCUT2D eigenvalue weighted by Gasteiger charge is -2.10. The van der Waals surface area contributed by atoms with E-state index in [1.807, 2.05) is 6.07 Å². The fraction of sp³-hybridized carbons (Fsp3) is 0.118. The number of nitrogens with zero attached hydrogens (tertiary/aromatic N) is 1. The zero-order chi connectivity index (χ0) is 17.5. The summed E-state index contributed by atoms with van der Waals surface area (Å²) in [6, 6.07) is 13.2. The molecule has 7 heteroatoms. The Morgan fingerprint density at radius 1 is 1.17 bits per heavy atom. The average Bonchev–Trinajstić information content (AvgIpc) is 2.55. The molecule has 0 heterocycles. The van der Waals surface area contributed by atoms with Crippen molar-refractivity contribution in [1.82, 2.24) is 0 Å². The van der Waals surface area contributed by atoms with E-state index in [-0.39, 0.29) is 6.42 Å². The average molecular weight is 344 g/mol. The molecule has 24 heavy (non-hydrogen) atoms. The molecule has 0 radical (unpaired) electrons. The van der Waals surface area contributed by atoms with Crippen molar-refractivity contribution in [1.29, 1.82) is 5.26 Å². The van der Waals surface area contributed by atoms with Crippen molar-refractivity contribution < 1.29 is 14.3 Å². The minimum atomic E-state index is -0.510. The van der Waals surface area contributed by atoms with Crippen LogP contribution in [0.1, 0.15) is 12.0 Å². The molecule has 122 valence electrons. The summed E-state index contributed by atoms with van der Waals surface area (Å²) in [5.74, 6) is -0.567. The highest BCUT2D eigenvalue weighted by Gasteiger charge is 2.13. The monoisotopic (exact) mass is 343 g/mol. The largest absolute Gasteiger partial charge is 0.495 e. The number of anilines is 2. The molecule has 2 rings (SSSR count). The third-order valence-electron chi connectivity index (χ3n) is 3.03. The Bertz CT molecular complexity index is 815. The summed E-state index contributed by atoms with van der Waals surface area (Å²) >= 11 is 5.89. The van der Waals surface area contributed by atoms with E-state index in [2.05, 4.69) is 10.6 Å². The van der Waals surface area contributed by atoms with Gasteiger partial charge in [0.25, 0.3) is 0 Å². The molecule has 0 saturated heterocycles. The van der Waals surface area contributed by atoms with Gasteiger partial charge >= 0.3 is 0 Å². The Labute approximate surface area is 144 Å². The number of hydrogen-bond donors (Lipinski definition) is 2. The number of ether oxygens (including phenoxy) is 1. The molecule has 2 N–H and O–H groups in total. The molecule has 0 spiro atoms. The Balaban J connectivity index is 1.98. The van der Waals surface area contributed by atoms with Crippen molar-refractivity contribution in [2.75, 3.05) is 17.7 Å². The summed E-state index contributed by atoms with van der Waals surface area (Å²) in [6.07, 6.45) is -0.382. The van der Waals surface area contributed by atoms with Crippen LogP contribution < -0.4 is 15.4 Å². The zero-order valence-corrected chi connectivity index (χ0v) is 13.6. The van der Waals surface area contributed by atoms with Gasteiger partial charge < -0.3 is 15.4 Å². The van der Waals surface area contributed by atoms with Gasteiger partial charge in [-0.2, -0.15) is 5.26 Å². The lowest BCUT2D eigenvalue weighted by Crippen LogP contribution is -2.21. The molecule has 0 saturated carbocycles. The number of carbonyl (C=O) groups excluding carboxylic acids is 2. The predicted octanol–water partition coefficient (Wildman–Crippen LogP) is 3.19. The normalized spacial score (nSPS) is 9.71. The van der Waals surface area contributed by atoms with Gasteiger partial charge in [0.1, 0.15) is 12.2 Å². The predicted molar refractivity (Wildman–Crippen MR) is 91.0 cm³/mol. The number of benzene rings is 2. The van der Waals surface area contributed by atoms with E-state index in [4.69, 9.17) is 21.6 Å². The molecule has 2 amide bonds. The standard InChI is InChI=1S/C17H14ClN3O3/c1-24-15-6-5-12(18)8-14(15)21-17(23)9-16(22)20-13-4-2-3-11(7-13)10-19/h2-8H,9H2,1H3,(H,20,22)(H,21,23). The summed E-state index contributed by atoms with van der Waals surface area (Å²) in [6.45, 7) is 0. The van der Waals surface area contributed by atoms with Crippen molar-refractivity contribution >= 4 is 34.8 Å². The van der Waals surface area contributed by atoms with Crippen LogP contribution in [0.15, 0.2) is 42.5 Å². The van der Waals surface area contributed by atoms with Gasteiger partial charge in [-0.3, -0.25) is 9.59 Å². The topological polar surface area (TPSA) is 91.2 Å². The first-order valence-electron chi connectivity index (χ1n) is 6.95. The number of halogens is 1. The van der Waals surface area contributed by atoms with Gasteiger partial charge in [0.15, 0.2) is 0 Å². The molecular formula is C17H14ClN3O3. The van der Waals surface area contributed by atoms with E-state index in [1.165, 1.54) is 19.2 Å².